The van der Waals surface area contributed by atoms with Crippen molar-refractivity contribution in [1.29, 1.82) is 0 Å². The number of halogens is 1. The molecule has 1 aromatic carbocycles. The molecule has 1 aliphatic rings. The molecule has 1 heterocycles. The summed E-state index contributed by atoms with van der Waals surface area (Å²) in [5, 5.41) is 3.38. The van der Waals surface area contributed by atoms with Gasteiger partial charge in [-0.15, -0.1) is 0 Å². The van der Waals surface area contributed by atoms with Gasteiger partial charge in [-0.2, -0.15) is 0 Å². The Kier molecular flexibility index (Phi) is 3.78. The fraction of sp³-hybridized carbons (Fsp3) is 0.500. The first-order valence-electron chi connectivity index (χ1n) is 5.44. The van der Waals surface area contributed by atoms with Gasteiger partial charge in [-0.1, -0.05) is 22.0 Å². The standard InChI is InChI=1S/C12H17BrN2/c1-10-2-3-12(13)8-11(10)9-15-6-4-14-5-7-15/h2-3,8,14H,4-7,9H2,1H3. The minimum atomic E-state index is 1.08. The van der Waals surface area contributed by atoms with Gasteiger partial charge in [0.05, 0.1) is 0 Å². The molecule has 82 valence electrons. The van der Waals surface area contributed by atoms with E-state index in [0.717, 1.165) is 32.7 Å². The summed E-state index contributed by atoms with van der Waals surface area (Å²) in [6, 6.07) is 6.52. The number of nitrogens with one attached hydrogen (secondary N) is 1. The largest absolute Gasteiger partial charge is 0.314 e. The number of benzene rings is 1. The Morgan fingerprint density at radius 2 is 2.07 bits per heavy atom. The average Bonchev–Trinajstić information content (AvgIpc) is 2.25. The van der Waals surface area contributed by atoms with Crippen LogP contribution in [0.3, 0.4) is 0 Å². The molecule has 1 aliphatic heterocycles. The lowest BCUT2D eigenvalue weighted by molar-refractivity contribution is 0.233. The minimum absolute atomic E-state index is 1.08. The van der Waals surface area contributed by atoms with Gasteiger partial charge in [0.25, 0.3) is 0 Å². The summed E-state index contributed by atoms with van der Waals surface area (Å²) >= 11 is 3.53. The third-order valence-corrected chi connectivity index (χ3v) is 3.41. The van der Waals surface area contributed by atoms with Crippen LogP contribution >= 0.6 is 15.9 Å². The molecule has 0 amide bonds. The first-order chi connectivity index (χ1) is 7.25. The molecule has 0 atom stereocenters. The van der Waals surface area contributed by atoms with Crippen molar-refractivity contribution in [3.05, 3.63) is 33.8 Å². The van der Waals surface area contributed by atoms with Crippen LogP contribution in [0.5, 0.6) is 0 Å². The summed E-state index contributed by atoms with van der Waals surface area (Å²) < 4.78 is 1.18. The Hall–Kier alpha value is -0.380. The zero-order valence-electron chi connectivity index (χ0n) is 9.09. The van der Waals surface area contributed by atoms with E-state index < -0.39 is 0 Å². The summed E-state index contributed by atoms with van der Waals surface area (Å²) in [5.41, 5.74) is 2.82. The molecule has 2 rings (SSSR count). The highest BCUT2D eigenvalue weighted by Crippen LogP contribution is 2.17. The van der Waals surface area contributed by atoms with Gasteiger partial charge in [0, 0.05) is 37.2 Å². The van der Waals surface area contributed by atoms with Crippen molar-refractivity contribution < 1.29 is 0 Å². The second-order valence-corrected chi connectivity index (χ2v) is 5.01. The normalized spacial score (nSPS) is 18.0. The molecule has 3 heteroatoms. The monoisotopic (exact) mass is 268 g/mol. The van der Waals surface area contributed by atoms with Crippen LogP contribution in [0.15, 0.2) is 22.7 Å². The quantitative estimate of drug-likeness (QED) is 0.885. The molecule has 0 spiro atoms. The lowest BCUT2D eigenvalue weighted by Gasteiger charge is -2.27. The van der Waals surface area contributed by atoms with E-state index in [1.165, 1.54) is 15.6 Å². The van der Waals surface area contributed by atoms with E-state index in [-0.39, 0.29) is 0 Å². The topological polar surface area (TPSA) is 15.3 Å². The third-order valence-electron chi connectivity index (χ3n) is 2.91. The fourth-order valence-electron chi connectivity index (χ4n) is 1.92. The highest BCUT2D eigenvalue weighted by atomic mass is 79.9. The van der Waals surface area contributed by atoms with Gasteiger partial charge in [-0.25, -0.2) is 0 Å². The number of hydrogen-bond donors (Lipinski definition) is 1. The Balaban J connectivity index is 2.05. The lowest BCUT2D eigenvalue weighted by Crippen LogP contribution is -2.42. The van der Waals surface area contributed by atoms with E-state index in [2.05, 4.69) is 51.3 Å². The molecular weight excluding hydrogens is 252 g/mol. The maximum absolute atomic E-state index is 3.53. The minimum Gasteiger partial charge on any atom is -0.314 e. The van der Waals surface area contributed by atoms with Gasteiger partial charge >= 0.3 is 0 Å². The highest BCUT2D eigenvalue weighted by Gasteiger charge is 2.10. The predicted molar refractivity (Wildman–Crippen MR) is 67.0 cm³/mol. The molecule has 1 N–H and O–H groups in total. The summed E-state index contributed by atoms with van der Waals surface area (Å²) in [7, 11) is 0. The highest BCUT2D eigenvalue weighted by molar-refractivity contribution is 9.10. The van der Waals surface area contributed by atoms with E-state index in [1.54, 1.807) is 0 Å². The molecule has 1 fully saturated rings. The fourth-order valence-corrected chi connectivity index (χ4v) is 2.33. The summed E-state index contributed by atoms with van der Waals surface area (Å²) in [6.07, 6.45) is 0. The molecule has 1 aromatic rings. The molecule has 1 saturated heterocycles. The molecule has 0 saturated carbocycles. The second-order valence-electron chi connectivity index (χ2n) is 4.10. The molecule has 15 heavy (non-hydrogen) atoms. The SMILES string of the molecule is Cc1ccc(Br)cc1CN1CCNCC1. The second kappa shape index (κ2) is 5.10. The van der Waals surface area contributed by atoms with Crippen molar-refractivity contribution >= 4 is 15.9 Å². The smallest absolute Gasteiger partial charge is 0.0237 e. The Morgan fingerprint density at radius 1 is 1.33 bits per heavy atom. The van der Waals surface area contributed by atoms with Crippen molar-refractivity contribution in [3.8, 4) is 0 Å². The van der Waals surface area contributed by atoms with Crippen LogP contribution in [0.1, 0.15) is 11.1 Å². The number of aryl methyl sites for hydroxylation is 1. The van der Waals surface area contributed by atoms with E-state index >= 15 is 0 Å². The van der Waals surface area contributed by atoms with Crippen LogP contribution in [0.25, 0.3) is 0 Å². The first-order valence-corrected chi connectivity index (χ1v) is 6.23. The lowest BCUT2D eigenvalue weighted by atomic mass is 10.1. The molecular formula is C12H17BrN2. The van der Waals surface area contributed by atoms with E-state index in [9.17, 15) is 0 Å². The number of piperazine rings is 1. The molecule has 0 radical (unpaired) electrons. The van der Waals surface area contributed by atoms with Crippen LogP contribution < -0.4 is 5.32 Å². The Labute approximate surface area is 99.8 Å². The predicted octanol–water partition coefficient (Wildman–Crippen LogP) is 2.16. The van der Waals surface area contributed by atoms with Crippen molar-refractivity contribution in [2.75, 3.05) is 26.2 Å². The van der Waals surface area contributed by atoms with Crippen molar-refractivity contribution in [2.45, 2.75) is 13.5 Å². The van der Waals surface area contributed by atoms with Gasteiger partial charge < -0.3 is 5.32 Å². The first kappa shape index (κ1) is 11.1. The van der Waals surface area contributed by atoms with Crippen LogP contribution in [-0.4, -0.2) is 31.1 Å². The number of nitrogens with zero attached hydrogens (tertiary/aromatic N) is 1. The zero-order chi connectivity index (χ0) is 10.7. The average molecular weight is 269 g/mol. The molecule has 2 nitrogen and oxygen atoms in total. The molecule has 0 aliphatic carbocycles. The molecule has 0 aromatic heterocycles. The maximum Gasteiger partial charge on any atom is 0.0237 e. The van der Waals surface area contributed by atoms with E-state index in [1.807, 2.05) is 0 Å². The van der Waals surface area contributed by atoms with Gasteiger partial charge in [-0.3, -0.25) is 4.90 Å². The third kappa shape index (κ3) is 3.03. The van der Waals surface area contributed by atoms with Crippen LogP contribution in [0, 0.1) is 6.92 Å². The summed E-state index contributed by atoms with van der Waals surface area (Å²) in [4.78, 5) is 2.51. The van der Waals surface area contributed by atoms with Crippen LogP contribution in [-0.2, 0) is 6.54 Å². The number of hydrogen-bond acceptors (Lipinski definition) is 2. The summed E-state index contributed by atoms with van der Waals surface area (Å²) in [5.74, 6) is 0. The zero-order valence-corrected chi connectivity index (χ0v) is 10.7. The van der Waals surface area contributed by atoms with Crippen LogP contribution in [0.4, 0.5) is 0 Å². The van der Waals surface area contributed by atoms with Gasteiger partial charge in [0.2, 0.25) is 0 Å². The van der Waals surface area contributed by atoms with E-state index in [4.69, 9.17) is 0 Å². The Morgan fingerprint density at radius 3 is 2.80 bits per heavy atom. The molecule has 0 bridgehead atoms. The van der Waals surface area contributed by atoms with Crippen LogP contribution in [0.2, 0.25) is 0 Å². The maximum atomic E-state index is 3.53. The van der Waals surface area contributed by atoms with Crippen molar-refractivity contribution in [2.24, 2.45) is 0 Å². The van der Waals surface area contributed by atoms with Gasteiger partial charge in [0.1, 0.15) is 0 Å². The van der Waals surface area contributed by atoms with Gasteiger partial charge in [0.15, 0.2) is 0 Å². The van der Waals surface area contributed by atoms with E-state index in [0.29, 0.717) is 0 Å². The Bertz CT molecular complexity index is 332. The van der Waals surface area contributed by atoms with Gasteiger partial charge in [-0.05, 0) is 30.2 Å². The number of rotatable bonds is 2. The summed E-state index contributed by atoms with van der Waals surface area (Å²) in [6.45, 7) is 7.81. The van der Waals surface area contributed by atoms with Crippen molar-refractivity contribution in [1.82, 2.24) is 10.2 Å². The van der Waals surface area contributed by atoms with Crippen molar-refractivity contribution in [3.63, 3.8) is 0 Å². The molecule has 0 unspecified atom stereocenters.